The Morgan fingerprint density at radius 1 is 0.342 bits per heavy atom. The van der Waals surface area contributed by atoms with Crippen molar-refractivity contribution in [3.8, 4) is 79.5 Å². The zero-order valence-electron chi connectivity index (χ0n) is 73.7. The van der Waals surface area contributed by atoms with Crippen LogP contribution in [0.3, 0.4) is 0 Å². The summed E-state index contributed by atoms with van der Waals surface area (Å²) >= 11 is 0. The van der Waals surface area contributed by atoms with Crippen molar-refractivity contribution < 1.29 is 54.8 Å². The Labute approximate surface area is 706 Å². The molecule has 2 radical (unpaired) electrons. The van der Waals surface area contributed by atoms with Crippen molar-refractivity contribution in [2.75, 3.05) is 0 Å². The van der Waals surface area contributed by atoms with Gasteiger partial charge in [0.2, 0.25) is 0 Å². The zero-order chi connectivity index (χ0) is 83.4. The Morgan fingerprint density at radius 3 is 0.886 bits per heavy atom. The number of hydrogen-bond acceptors (Lipinski definition) is 11. The van der Waals surface area contributed by atoms with Crippen LogP contribution < -0.4 is 45.9 Å². The maximum Gasteiger partial charge on any atom is 2.00 e. The monoisotopic (exact) mass is 1780 g/mol. The molecule has 10 rings (SSSR count). The first-order valence-electron chi connectivity index (χ1n) is 40.5. The Morgan fingerprint density at radius 2 is 0.605 bits per heavy atom. The number of aliphatic hydroxyl groups is 2. The minimum absolute atomic E-state index is 0. The van der Waals surface area contributed by atoms with Crippen LogP contribution in [0.5, 0.6) is 34.5 Å². The van der Waals surface area contributed by atoms with Crippen molar-refractivity contribution in [3.05, 3.63) is 217 Å². The molecule has 18 heteroatoms. The van der Waals surface area contributed by atoms with E-state index in [0.29, 0.717) is 46.7 Å². The average molecular weight is 1780 g/mol. The van der Waals surface area contributed by atoms with Crippen molar-refractivity contribution >= 4 is 78.9 Å². The molecule has 0 atom stereocenters. The van der Waals surface area contributed by atoms with Gasteiger partial charge in [-0.3, -0.25) is 9.97 Å². The van der Waals surface area contributed by atoms with Crippen molar-refractivity contribution in [1.29, 1.82) is 0 Å². The van der Waals surface area contributed by atoms with Gasteiger partial charge in [-0.05, 0) is 220 Å². The number of pyridine rings is 4. The van der Waals surface area contributed by atoms with Gasteiger partial charge < -0.3 is 43.7 Å². The third-order valence-corrected chi connectivity index (χ3v) is 28.6. The third-order valence-electron chi connectivity index (χ3n) is 20.4. The molecule has 0 aliphatic heterocycles. The normalized spacial score (nSPS) is 12.4. The second kappa shape index (κ2) is 39.4. The molecular formula is C96H128B2N4O7PtSi4. The molecule has 606 valence electrons. The molecule has 4 heterocycles. The van der Waals surface area contributed by atoms with Crippen molar-refractivity contribution in [1.82, 2.24) is 19.9 Å². The largest absolute Gasteiger partial charge is 2.00 e. The second-order valence-electron chi connectivity index (χ2n) is 38.3. The van der Waals surface area contributed by atoms with Crippen LogP contribution in [0.1, 0.15) is 133 Å². The summed E-state index contributed by atoms with van der Waals surface area (Å²) in [7, 11) is -2.69. The molecule has 114 heavy (non-hydrogen) atoms. The molecular weight excluding hydrogens is 1650 g/mol. The Balaban J connectivity index is 0.000000239. The van der Waals surface area contributed by atoms with Crippen LogP contribution in [0.15, 0.2) is 183 Å². The van der Waals surface area contributed by atoms with E-state index in [1.165, 1.54) is 43.0 Å². The molecule has 0 amide bonds. The zero-order valence-corrected chi connectivity index (χ0v) is 79.9. The number of hydrogen-bond donors (Lipinski definition) is 2. The van der Waals surface area contributed by atoms with Crippen LogP contribution in [-0.2, 0) is 56.1 Å². The van der Waals surface area contributed by atoms with Gasteiger partial charge in [0, 0.05) is 47.4 Å². The van der Waals surface area contributed by atoms with Crippen LogP contribution >= 0.6 is 0 Å². The fourth-order valence-electron chi connectivity index (χ4n) is 12.9. The third kappa shape index (κ3) is 27.5. The Bertz CT molecular complexity index is 4290. The van der Waals surface area contributed by atoms with E-state index in [0.717, 1.165) is 93.1 Å². The van der Waals surface area contributed by atoms with Gasteiger partial charge in [-0.15, -0.1) is 47.5 Å². The van der Waals surface area contributed by atoms with Crippen LogP contribution in [-0.4, -0.2) is 99.8 Å². The number of aromatic nitrogens is 4. The summed E-state index contributed by atoms with van der Waals surface area (Å²) in [5, 5.41) is 26.3. The second-order valence-corrected chi connectivity index (χ2v) is 58.4. The van der Waals surface area contributed by atoms with Gasteiger partial charge in [-0.2, -0.15) is 0 Å². The van der Waals surface area contributed by atoms with E-state index >= 15 is 0 Å². The van der Waals surface area contributed by atoms with Crippen LogP contribution in [0, 0.1) is 35.8 Å². The molecule has 0 saturated carbocycles. The minimum atomic E-state index is -1.49. The molecule has 10 aromatic rings. The molecule has 2 N–H and O–H groups in total. The van der Waals surface area contributed by atoms with Crippen LogP contribution in [0.4, 0.5) is 0 Å². The fourth-order valence-corrected chi connectivity index (χ4v) is 19.3. The average Bonchev–Trinajstić information content (AvgIpc) is 0.811. The summed E-state index contributed by atoms with van der Waals surface area (Å²) < 4.78 is 30.4. The van der Waals surface area contributed by atoms with E-state index in [4.69, 9.17) is 43.5 Å². The molecule has 0 spiro atoms. The maximum absolute atomic E-state index is 10.2. The van der Waals surface area contributed by atoms with Gasteiger partial charge in [0.15, 0.2) is 0 Å². The molecule has 6 aromatic carbocycles. The van der Waals surface area contributed by atoms with E-state index < -0.39 is 54.7 Å². The van der Waals surface area contributed by atoms with E-state index in [-0.39, 0.29) is 21.1 Å². The number of benzene rings is 6. The summed E-state index contributed by atoms with van der Waals surface area (Å²) in [5.41, 5.74) is 11.8. The molecule has 0 fully saturated rings. The van der Waals surface area contributed by atoms with Crippen LogP contribution in [0.25, 0.3) is 45.0 Å². The van der Waals surface area contributed by atoms with Gasteiger partial charge in [-0.25, -0.2) is 0 Å². The first kappa shape index (κ1) is 94.0. The summed E-state index contributed by atoms with van der Waals surface area (Å²) in [4.78, 5) is 19.6. The Kier molecular flexibility index (Phi) is 32.5. The number of nitrogens with zero attached hydrogens (tertiary/aromatic N) is 4. The van der Waals surface area contributed by atoms with E-state index in [2.05, 4.69) is 244 Å². The van der Waals surface area contributed by atoms with Crippen molar-refractivity contribution in [2.24, 2.45) is 23.7 Å². The van der Waals surface area contributed by atoms with Gasteiger partial charge in [0.1, 0.15) is 23.0 Å². The summed E-state index contributed by atoms with van der Waals surface area (Å²) in [6.45, 7) is 61.2. The van der Waals surface area contributed by atoms with Crippen molar-refractivity contribution in [2.45, 2.75) is 237 Å². The first-order chi connectivity index (χ1) is 52.5. The quantitative estimate of drug-likeness (QED) is 0.0329. The molecule has 0 unspecified atom stereocenters. The van der Waals surface area contributed by atoms with E-state index in [1.54, 1.807) is 42.7 Å². The van der Waals surface area contributed by atoms with Gasteiger partial charge in [-0.1, -0.05) is 218 Å². The smallest absolute Gasteiger partial charge is 0.497 e. The predicted molar refractivity (Wildman–Crippen MR) is 489 cm³/mol. The molecule has 11 nitrogen and oxygen atoms in total. The van der Waals surface area contributed by atoms with Gasteiger partial charge in [0.05, 0.1) is 66.1 Å². The molecule has 4 aromatic heterocycles. The van der Waals surface area contributed by atoms with E-state index in [9.17, 15) is 10.2 Å². The Hall–Kier alpha value is -7.15. The van der Waals surface area contributed by atoms with Crippen molar-refractivity contribution in [3.63, 3.8) is 0 Å². The summed E-state index contributed by atoms with van der Waals surface area (Å²) in [5.74, 6) is 6.62. The molecule has 0 aliphatic carbocycles. The SMILES string of the molecule is CC(C)(O)C(C)(C)O[B]c1cccc(Oc2cccc([B]OC(C)(C)C(C)(C)O)c2)c1.CC(C)Cc1cc(-c2[c-]c(Oc3[c-]c(-c4cc(CC(C)C)c([Si](C)(C)C)cn4)ccc3)ccc2)ncc1[Si](C)(C)C.CC(C)Cc1cc(-c2cccc(Oc3cccc(-c4cc(CC(C)C)c([Si](C)(C)C)cn4)c3)c2)ncc1[Si](C)(C)C.[Pt+2]. The first-order valence-corrected chi connectivity index (χ1v) is 54.5. The van der Waals surface area contributed by atoms with Gasteiger partial charge in [0.25, 0.3) is 0 Å². The molecule has 0 saturated heterocycles. The molecule has 0 bridgehead atoms. The topological polar surface area (TPSA) is 138 Å². The van der Waals surface area contributed by atoms with E-state index in [1.807, 2.05) is 113 Å². The summed E-state index contributed by atoms with van der Waals surface area (Å²) in [6, 6.07) is 59.7. The maximum atomic E-state index is 10.2. The minimum Gasteiger partial charge on any atom is -0.497 e. The predicted octanol–water partition coefficient (Wildman–Crippen LogP) is 20.9. The number of rotatable bonds is 30. The van der Waals surface area contributed by atoms with Gasteiger partial charge >= 0.3 is 36.0 Å². The molecule has 0 aliphatic rings. The fraction of sp³-hybridized carbons (Fsp3) is 0.417. The standard InChI is InChI=1S/C36H48N2OSi2.C36H46N2OSi2.C24H34B2O5.Pt/c2*1-25(2)17-29-21-33(37-23-35(29)40(5,6)7)27-13-11-15-31(19-27)39-32-16-12-14-28(20-32)34-22-30(18-26(3)4)36(24-38-34)41(8,9)10;1-21(2,27)23(5,6)30-25-17-11-9-13-19(15-17)29-20-14-10-12-18(16-20)26-31-24(7,8)22(3,4)28;/h11-16,19-26H,17-18H2,1-10H3;11-16,21-26H,17-18H2,1-10H3;9-16,27-28H,1-8H3;/q;-2;;+2. The summed E-state index contributed by atoms with van der Waals surface area (Å²) in [6.07, 6.45) is 12.7. The van der Waals surface area contributed by atoms with Crippen LogP contribution in [0.2, 0.25) is 78.6 Å². The number of ether oxygens (including phenoxy) is 3.